The molecule has 1 amide bonds. The second-order valence-corrected chi connectivity index (χ2v) is 6.70. The standard InChI is InChI=1S/C17H19N5O2/c1-17(2,3)16-19-11-6-5-10(9-13(11)20-16)18-15(24)12-7-8-14(23)22(4)21-12/h5-9H,1-4H3,(H,18,24)(H,19,20). The van der Waals surface area contributed by atoms with Gasteiger partial charge in [0.15, 0.2) is 0 Å². The smallest absolute Gasteiger partial charge is 0.276 e. The number of nitrogens with one attached hydrogen (secondary N) is 2. The van der Waals surface area contributed by atoms with Crippen molar-refractivity contribution >= 4 is 22.6 Å². The van der Waals surface area contributed by atoms with E-state index in [1.165, 1.54) is 19.2 Å². The minimum Gasteiger partial charge on any atom is -0.341 e. The number of hydrogen-bond acceptors (Lipinski definition) is 4. The molecule has 2 N–H and O–H groups in total. The Morgan fingerprint density at radius 1 is 1.21 bits per heavy atom. The third-order valence-corrected chi connectivity index (χ3v) is 3.64. The summed E-state index contributed by atoms with van der Waals surface area (Å²) in [6.07, 6.45) is 0. The van der Waals surface area contributed by atoms with Crippen molar-refractivity contribution in [3.05, 3.63) is 52.2 Å². The van der Waals surface area contributed by atoms with Crippen LogP contribution >= 0.6 is 0 Å². The number of carbonyl (C=O) groups excluding carboxylic acids is 1. The number of benzene rings is 1. The molecule has 0 aliphatic heterocycles. The predicted molar refractivity (Wildman–Crippen MR) is 92.2 cm³/mol. The van der Waals surface area contributed by atoms with Crippen LogP contribution in [0.1, 0.15) is 37.1 Å². The molecule has 3 rings (SSSR count). The largest absolute Gasteiger partial charge is 0.341 e. The van der Waals surface area contributed by atoms with Crippen molar-refractivity contribution in [1.29, 1.82) is 0 Å². The van der Waals surface area contributed by atoms with Gasteiger partial charge in [0.1, 0.15) is 11.5 Å². The summed E-state index contributed by atoms with van der Waals surface area (Å²) in [4.78, 5) is 31.4. The summed E-state index contributed by atoms with van der Waals surface area (Å²) in [5, 5.41) is 6.72. The quantitative estimate of drug-likeness (QED) is 0.755. The van der Waals surface area contributed by atoms with Crippen LogP contribution in [-0.2, 0) is 12.5 Å². The number of H-pyrrole nitrogens is 1. The lowest BCUT2D eigenvalue weighted by molar-refractivity contribution is 0.102. The Balaban J connectivity index is 1.88. The van der Waals surface area contributed by atoms with E-state index in [4.69, 9.17) is 0 Å². The highest BCUT2D eigenvalue weighted by Crippen LogP contribution is 2.24. The molecule has 0 saturated carbocycles. The fourth-order valence-electron chi connectivity index (χ4n) is 2.26. The Morgan fingerprint density at radius 2 is 1.96 bits per heavy atom. The lowest BCUT2D eigenvalue weighted by Crippen LogP contribution is -2.23. The van der Waals surface area contributed by atoms with Gasteiger partial charge in [0, 0.05) is 24.2 Å². The lowest BCUT2D eigenvalue weighted by Gasteiger charge is -2.13. The van der Waals surface area contributed by atoms with E-state index < -0.39 is 0 Å². The van der Waals surface area contributed by atoms with Crippen molar-refractivity contribution in [2.24, 2.45) is 7.05 Å². The highest BCUT2D eigenvalue weighted by molar-refractivity contribution is 6.03. The van der Waals surface area contributed by atoms with Gasteiger partial charge < -0.3 is 10.3 Å². The molecule has 24 heavy (non-hydrogen) atoms. The zero-order chi connectivity index (χ0) is 17.5. The minimum atomic E-state index is -0.375. The molecule has 0 radical (unpaired) electrons. The van der Waals surface area contributed by atoms with Crippen LogP contribution in [0.4, 0.5) is 5.69 Å². The summed E-state index contributed by atoms with van der Waals surface area (Å²) in [6.45, 7) is 6.25. The predicted octanol–water partition coefficient (Wildman–Crippen LogP) is 2.21. The van der Waals surface area contributed by atoms with Crippen LogP contribution in [0, 0.1) is 0 Å². The normalized spacial score (nSPS) is 11.7. The number of fused-ring (bicyclic) bond motifs is 1. The van der Waals surface area contributed by atoms with E-state index in [2.05, 4.69) is 41.2 Å². The van der Waals surface area contributed by atoms with E-state index >= 15 is 0 Å². The molecule has 7 heteroatoms. The van der Waals surface area contributed by atoms with Crippen LogP contribution in [0.3, 0.4) is 0 Å². The second-order valence-electron chi connectivity index (χ2n) is 6.70. The monoisotopic (exact) mass is 325 g/mol. The summed E-state index contributed by atoms with van der Waals surface area (Å²) >= 11 is 0. The summed E-state index contributed by atoms with van der Waals surface area (Å²) in [6, 6.07) is 8.19. The van der Waals surface area contributed by atoms with Crippen molar-refractivity contribution in [1.82, 2.24) is 19.7 Å². The molecule has 0 spiro atoms. The van der Waals surface area contributed by atoms with E-state index in [9.17, 15) is 9.59 Å². The number of nitrogens with zero attached hydrogens (tertiary/aromatic N) is 3. The minimum absolute atomic E-state index is 0.0822. The first-order valence-electron chi connectivity index (χ1n) is 7.60. The van der Waals surface area contributed by atoms with Crippen LogP contribution in [0.15, 0.2) is 35.1 Å². The number of aryl methyl sites for hydroxylation is 1. The van der Waals surface area contributed by atoms with Crippen LogP contribution in [0.25, 0.3) is 11.0 Å². The molecule has 2 aromatic heterocycles. The fraction of sp³-hybridized carbons (Fsp3) is 0.294. The zero-order valence-corrected chi connectivity index (χ0v) is 14.0. The van der Waals surface area contributed by atoms with Crippen molar-refractivity contribution in [3.63, 3.8) is 0 Å². The molecule has 0 saturated heterocycles. The average molecular weight is 325 g/mol. The van der Waals surface area contributed by atoms with Crippen molar-refractivity contribution in [3.8, 4) is 0 Å². The molecule has 0 fully saturated rings. The molecule has 7 nitrogen and oxygen atoms in total. The van der Waals surface area contributed by atoms with Crippen molar-refractivity contribution in [2.75, 3.05) is 5.32 Å². The Kier molecular flexibility index (Phi) is 3.71. The van der Waals surface area contributed by atoms with Crippen molar-refractivity contribution < 1.29 is 4.79 Å². The number of hydrogen-bond donors (Lipinski definition) is 2. The maximum atomic E-state index is 12.3. The molecule has 0 aliphatic carbocycles. The van der Waals surface area contributed by atoms with Crippen LogP contribution in [0.5, 0.6) is 0 Å². The summed E-state index contributed by atoms with van der Waals surface area (Å²) < 4.78 is 1.13. The van der Waals surface area contributed by atoms with Crippen LogP contribution in [0.2, 0.25) is 0 Å². The Hall–Kier alpha value is -2.96. The number of aromatic nitrogens is 4. The maximum absolute atomic E-state index is 12.3. The number of rotatable bonds is 2. The van der Waals surface area contributed by atoms with Gasteiger partial charge in [-0.25, -0.2) is 9.67 Å². The molecule has 1 aromatic carbocycles. The molecule has 2 heterocycles. The first-order chi connectivity index (χ1) is 11.2. The Bertz CT molecular complexity index is 979. The third kappa shape index (κ3) is 3.05. The van der Waals surface area contributed by atoms with Crippen LogP contribution in [-0.4, -0.2) is 25.7 Å². The van der Waals surface area contributed by atoms with E-state index in [0.717, 1.165) is 21.5 Å². The topological polar surface area (TPSA) is 92.7 Å². The van der Waals surface area contributed by atoms with Gasteiger partial charge in [0.2, 0.25) is 0 Å². The Morgan fingerprint density at radius 3 is 2.62 bits per heavy atom. The van der Waals surface area contributed by atoms with Gasteiger partial charge in [0.25, 0.3) is 11.5 Å². The molecular formula is C17H19N5O2. The maximum Gasteiger partial charge on any atom is 0.276 e. The highest BCUT2D eigenvalue weighted by atomic mass is 16.2. The van der Waals surface area contributed by atoms with Gasteiger partial charge in [-0.05, 0) is 24.3 Å². The van der Waals surface area contributed by atoms with Crippen molar-refractivity contribution in [2.45, 2.75) is 26.2 Å². The molecule has 3 aromatic rings. The molecule has 0 aliphatic rings. The number of amides is 1. The molecule has 0 atom stereocenters. The summed E-state index contributed by atoms with van der Waals surface area (Å²) in [7, 11) is 1.50. The fourth-order valence-corrected chi connectivity index (χ4v) is 2.26. The third-order valence-electron chi connectivity index (χ3n) is 3.64. The SMILES string of the molecule is Cn1nc(C(=O)Nc2ccc3nc(C(C)(C)C)[nH]c3c2)ccc1=O. The number of imidazole rings is 1. The first-order valence-corrected chi connectivity index (χ1v) is 7.60. The van der Waals surface area contributed by atoms with Gasteiger partial charge in [-0.3, -0.25) is 9.59 Å². The Labute approximate surface area is 138 Å². The number of aromatic amines is 1. The van der Waals surface area contributed by atoms with E-state index in [0.29, 0.717) is 5.69 Å². The first kappa shape index (κ1) is 15.9. The number of anilines is 1. The molecule has 124 valence electrons. The molecule has 0 unspecified atom stereocenters. The second kappa shape index (κ2) is 5.59. The summed E-state index contributed by atoms with van der Waals surface area (Å²) in [5.41, 5.74) is 2.16. The molecular weight excluding hydrogens is 306 g/mol. The van der Waals surface area contributed by atoms with Crippen LogP contribution < -0.4 is 10.9 Å². The molecule has 0 bridgehead atoms. The lowest BCUT2D eigenvalue weighted by atomic mass is 9.96. The van der Waals surface area contributed by atoms with Gasteiger partial charge >= 0.3 is 0 Å². The number of carbonyl (C=O) groups is 1. The summed E-state index contributed by atoms with van der Waals surface area (Å²) in [5.74, 6) is 0.515. The zero-order valence-electron chi connectivity index (χ0n) is 14.0. The van der Waals surface area contributed by atoms with E-state index in [-0.39, 0.29) is 22.6 Å². The van der Waals surface area contributed by atoms with Gasteiger partial charge in [-0.1, -0.05) is 20.8 Å². The van der Waals surface area contributed by atoms with Gasteiger partial charge in [-0.2, -0.15) is 5.10 Å². The van der Waals surface area contributed by atoms with E-state index in [1.54, 1.807) is 6.07 Å². The van der Waals surface area contributed by atoms with Gasteiger partial charge in [-0.15, -0.1) is 0 Å². The van der Waals surface area contributed by atoms with E-state index in [1.807, 2.05) is 12.1 Å². The average Bonchev–Trinajstić information content (AvgIpc) is 2.93. The van der Waals surface area contributed by atoms with Gasteiger partial charge in [0.05, 0.1) is 11.0 Å². The highest BCUT2D eigenvalue weighted by Gasteiger charge is 2.18.